The molecule has 0 radical (unpaired) electrons. The van der Waals surface area contributed by atoms with E-state index in [1.54, 1.807) is 0 Å². The van der Waals surface area contributed by atoms with E-state index in [1.165, 1.54) is 18.3 Å². The maximum Gasteiger partial charge on any atom is 0.416 e. The topological polar surface area (TPSA) is 66.0 Å². The van der Waals surface area contributed by atoms with Crippen molar-refractivity contribution in [3.63, 3.8) is 0 Å². The Bertz CT molecular complexity index is 625. The van der Waals surface area contributed by atoms with Gasteiger partial charge in [0.15, 0.2) is 5.16 Å². The third kappa shape index (κ3) is 3.53. The molecule has 106 valence electrons. The lowest BCUT2D eigenvalue weighted by molar-refractivity contribution is -0.137. The summed E-state index contributed by atoms with van der Waals surface area (Å²) in [5, 5.41) is 8.88. The summed E-state index contributed by atoms with van der Waals surface area (Å²) >= 11 is 0.965. The lowest BCUT2D eigenvalue weighted by atomic mass is 10.1. The van der Waals surface area contributed by atoms with E-state index in [0.29, 0.717) is 16.4 Å². The Morgan fingerprint density at radius 1 is 1.40 bits per heavy atom. The lowest BCUT2D eigenvalue weighted by Crippen LogP contribution is -2.04. The number of aromatic amines is 1. The van der Waals surface area contributed by atoms with Crippen molar-refractivity contribution in [1.82, 2.24) is 9.97 Å². The maximum atomic E-state index is 12.6. The molecule has 0 unspecified atom stereocenters. The van der Waals surface area contributed by atoms with E-state index in [9.17, 15) is 18.0 Å². The van der Waals surface area contributed by atoms with Crippen molar-refractivity contribution < 1.29 is 23.1 Å². The Kier molecular flexibility index (Phi) is 4.03. The molecule has 1 aromatic heterocycles. The minimum absolute atomic E-state index is 0.171. The number of hydrogen-bond donors (Lipinski definition) is 2. The van der Waals surface area contributed by atoms with Crippen molar-refractivity contribution in [3.8, 4) is 11.3 Å². The predicted molar refractivity (Wildman–Crippen MR) is 67.4 cm³/mol. The summed E-state index contributed by atoms with van der Waals surface area (Å²) < 4.78 is 37.8. The third-order valence-electron chi connectivity index (χ3n) is 2.39. The largest absolute Gasteiger partial charge is 0.481 e. The Morgan fingerprint density at radius 3 is 2.80 bits per heavy atom. The van der Waals surface area contributed by atoms with E-state index in [-0.39, 0.29) is 5.75 Å². The van der Waals surface area contributed by atoms with Crippen LogP contribution in [0.4, 0.5) is 13.2 Å². The number of rotatable bonds is 4. The second kappa shape index (κ2) is 5.58. The van der Waals surface area contributed by atoms with Crippen LogP contribution in [-0.4, -0.2) is 26.8 Å². The summed E-state index contributed by atoms with van der Waals surface area (Å²) in [6.07, 6.45) is -3.03. The van der Waals surface area contributed by atoms with Crippen LogP contribution in [0.15, 0.2) is 35.6 Å². The van der Waals surface area contributed by atoms with Crippen LogP contribution in [0.1, 0.15) is 5.56 Å². The number of imidazole rings is 1. The molecule has 20 heavy (non-hydrogen) atoms. The number of carboxylic acids is 1. The molecule has 2 aromatic rings. The number of nitrogens with zero attached hydrogens (tertiary/aromatic N) is 1. The van der Waals surface area contributed by atoms with Crippen molar-refractivity contribution >= 4 is 17.7 Å². The van der Waals surface area contributed by atoms with Gasteiger partial charge in [0.2, 0.25) is 0 Å². The molecule has 0 saturated heterocycles. The van der Waals surface area contributed by atoms with E-state index in [2.05, 4.69) is 9.97 Å². The van der Waals surface area contributed by atoms with Crippen molar-refractivity contribution in [3.05, 3.63) is 36.0 Å². The van der Waals surface area contributed by atoms with Gasteiger partial charge in [-0.1, -0.05) is 23.9 Å². The molecular weight excluding hydrogens is 293 g/mol. The molecule has 2 rings (SSSR count). The summed E-state index contributed by atoms with van der Waals surface area (Å²) in [4.78, 5) is 17.1. The molecule has 0 amide bonds. The molecule has 0 spiro atoms. The van der Waals surface area contributed by atoms with Gasteiger partial charge in [0, 0.05) is 5.56 Å². The Hall–Kier alpha value is -1.96. The number of hydrogen-bond acceptors (Lipinski definition) is 3. The van der Waals surface area contributed by atoms with Crippen molar-refractivity contribution in [2.45, 2.75) is 11.3 Å². The zero-order chi connectivity index (χ0) is 14.8. The molecule has 8 heteroatoms. The first-order valence-corrected chi connectivity index (χ1v) is 6.42. The van der Waals surface area contributed by atoms with Gasteiger partial charge < -0.3 is 10.1 Å². The maximum absolute atomic E-state index is 12.6. The van der Waals surface area contributed by atoms with Gasteiger partial charge in [0.1, 0.15) is 0 Å². The number of alkyl halides is 3. The van der Waals surface area contributed by atoms with Crippen molar-refractivity contribution in [2.24, 2.45) is 0 Å². The van der Waals surface area contributed by atoms with Crippen LogP contribution in [0.25, 0.3) is 11.3 Å². The Balaban J connectivity index is 2.22. The minimum Gasteiger partial charge on any atom is -0.481 e. The minimum atomic E-state index is -4.41. The number of carboxylic acid groups (broad SMARTS) is 1. The number of aromatic nitrogens is 2. The predicted octanol–water partition coefficient (Wildman–Crippen LogP) is 3.27. The molecule has 1 aromatic carbocycles. The van der Waals surface area contributed by atoms with Gasteiger partial charge in [-0.25, -0.2) is 4.98 Å². The molecule has 0 bridgehead atoms. The number of carbonyl (C=O) groups is 1. The molecule has 0 aliphatic rings. The quantitative estimate of drug-likeness (QED) is 0.851. The summed E-state index contributed by atoms with van der Waals surface area (Å²) in [6, 6.07) is 4.83. The first-order valence-electron chi connectivity index (χ1n) is 5.43. The van der Waals surface area contributed by atoms with E-state index < -0.39 is 17.7 Å². The molecule has 2 N–H and O–H groups in total. The fourth-order valence-corrected chi connectivity index (χ4v) is 2.09. The van der Waals surface area contributed by atoms with Gasteiger partial charge in [-0.15, -0.1) is 0 Å². The Labute approximate surface area is 116 Å². The highest BCUT2D eigenvalue weighted by Crippen LogP contribution is 2.32. The number of benzene rings is 1. The fourth-order valence-electron chi connectivity index (χ4n) is 1.52. The first kappa shape index (κ1) is 14.4. The first-order chi connectivity index (χ1) is 9.36. The van der Waals surface area contributed by atoms with Crippen LogP contribution in [-0.2, 0) is 11.0 Å². The van der Waals surface area contributed by atoms with Crippen molar-refractivity contribution in [2.75, 3.05) is 5.75 Å². The van der Waals surface area contributed by atoms with Gasteiger partial charge in [0.05, 0.1) is 23.2 Å². The molecule has 4 nitrogen and oxygen atoms in total. The van der Waals surface area contributed by atoms with Gasteiger partial charge >= 0.3 is 12.1 Å². The number of H-pyrrole nitrogens is 1. The zero-order valence-electron chi connectivity index (χ0n) is 9.94. The highest BCUT2D eigenvalue weighted by molar-refractivity contribution is 7.99. The normalized spacial score (nSPS) is 11.6. The van der Waals surface area contributed by atoms with E-state index in [0.717, 1.165) is 23.9 Å². The fraction of sp³-hybridized carbons (Fsp3) is 0.167. The molecule has 0 atom stereocenters. The number of thioether (sulfide) groups is 1. The van der Waals surface area contributed by atoms with Crippen LogP contribution < -0.4 is 0 Å². The van der Waals surface area contributed by atoms with Crippen LogP contribution in [0.5, 0.6) is 0 Å². The molecule has 0 fully saturated rings. The van der Waals surface area contributed by atoms with Crippen LogP contribution in [0.2, 0.25) is 0 Å². The van der Waals surface area contributed by atoms with E-state index >= 15 is 0 Å². The lowest BCUT2D eigenvalue weighted by Gasteiger charge is -2.07. The SMILES string of the molecule is O=C(O)CSc1ncc(-c2cccc(C(F)(F)F)c2)[nH]1. The number of halogens is 3. The third-order valence-corrected chi connectivity index (χ3v) is 3.26. The summed E-state index contributed by atoms with van der Waals surface area (Å²) in [6.45, 7) is 0. The van der Waals surface area contributed by atoms with Gasteiger partial charge in [-0.05, 0) is 12.1 Å². The second-order valence-electron chi connectivity index (χ2n) is 3.86. The highest BCUT2D eigenvalue weighted by Gasteiger charge is 2.30. The number of nitrogens with one attached hydrogen (secondary N) is 1. The molecule has 0 aliphatic heterocycles. The second-order valence-corrected chi connectivity index (χ2v) is 4.83. The van der Waals surface area contributed by atoms with Crippen LogP contribution in [0.3, 0.4) is 0 Å². The zero-order valence-corrected chi connectivity index (χ0v) is 10.8. The van der Waals surface area contributed by atoms with Gasteiger partial charge in [-0.2, -0.15) is 13.2 Å². The monoisotopic (exact) mass is 302 g/mol. The van der Waals surface area contributed by atoms with Crippen LogP contribution >= 0.6 is 11.8 Å². The molecule has 1 heterocycles. The van der Waals surface area contributed by atoms with Crippen molar-refractivity contribution in [1.29, 1.82) is 0 Å². The standard InChI is InChI=1S/C12H9F3N2O2S/c13-12(14,15)8-3-1-2-7(4-8)9-5-16-11(17-9)20-6-10(18)19/h1-5H,6H2,(H,16,17)(H,18,19). The summed E-state index contributed by atoms with van der Waals surface area (Å²) in [5.41, 5.74) is 0.00262. The highest BCUT2D eigenvalue weighted by atomic mass is 32.2. The summed E-state index contributed by atoms with van der Waals surface area (Å²) in [5.74, 6) is -1.16. The van der Waals surface area contributed by atoms with E-state index in [1.807, 2.05) is 0 Å². The van der Waals surface area contributed by atoms with Gasteiger partial charge in [0.25, 0.3) is 0 Å². The summed E-state index contributed by atoms with van der Waals surface area (Å²) in [7, 11) is 0. The van der Waals surface area contributed by atoms with Gasteiger partial charge in [-0.3, -0.25) is 4.79 Å². The number of aliphatic carboxylic acids is 1. The molecule has 0 saturated carbocycles. The smallest absolute Gasteiger partial charge is 0.416 e. The van der Waals surface area contributed by atoms with Crippen LogP contribution in [0, 0.1) is 0 Å². The Morgan fingerprint density at radius 2 is 2.15 bits per heavy atom. The molecular formula is C12H9F3N2O2S. The molecule has 0 aliphatic carbocycles. The average molecular weight is 302 g/mol. The average Bonchev–Trinajstić information content (AvgIpc) is 2.84. The van der Waals surface area contributed by atoms with E-state index in [4.69, 9.17) is 5.11 Å².